The minimum absolute atomic E-state index is 0.159. The molecule has 2 heterocycles. The van der Waals surface area contributed by atoms with Crippen LogP contribution in [0.5, 0.6) is 0 Å². The van der Waals surface area contributed by atoms with Crippen molar-refractivity contribution in [2.24, 2.45) is 11.7 Å². The second kappa shape index (κ2) is 10.0. The second-order valence-electron chi connectivity index (χ2n) is 6.97. The molecule has 1 saturated heterocycles. The van der Waals surface area contributed by atoms with E-state index >= 15 is 0 Å². The van der Waals surface area contributed by atoms with E-state index in [0.29, 0.717) is 58.3 Å². The van der Waals surface area contributed by atoms with E-state index in [2.05, 4.69) is 20.5 Å². The molecule has 0 aromatic carbocycles. The SMILES string of the molecule is C[C@@H](C(=O)NCCCCC(N)=O)n1cc(CN2CCC(C(=O)O)CC2)nn1. The van der Waals surface area contributed by atoms with Crippen LogP contribution in [0.1, 0.15) is 50.8 Å². The minimum atomic E-state index is -0.727. The van der Waals surface area contributed by atoms with Crippen molar-refractivity contribution in [1.82, 2.24) is 25.2 Å². The lowest BCUT2D eigenvalue weighted by atomic mass is 9.97. The number of rotatable bonds is 10. The van der Waals surface area contributed by atoms with Crippen molar-refractivity contribution < 1.29 is 19.5 Å². The van der Waals surface area contributed by atoms with E-state index in [-0.39, 0.29) is 17.7 Å². The van der Waals surface area contributed by atoms with Crippen LogP contribution in [0.15, 0.2) is 6.20 Å². The molecule has 150 valence electrons. The molecule has 10 nitrogen and oxygen atoms in total. The fourth-order valence-electron chi connectivity index (χ4n) is 3.05. The van der Waals surface area contributed by atoms with Gasteiger partial charge in [0, 0.05) is 19.5 Å². The van der Waals surface area contributed by atoms with Gasteiger partial charge in [0.1, 0.15) is 6.04 Å². The first kappa shape index (κ1) is 20.8. The van der Waals surface area contributed by atoms with Crippen molar-refractivity contribution in [2.75, 3.05) is 19.6 Å². The van der Waals surface area contributed by atoms with Crippen molar-refractivity contribution in [1.29, 1.82) is 0 Å². The van der Waals surface area contributed by atoms with Crippen LogP contribution in [0.3, 0.4) is 0 Å². The smallest absolute Gasteiger partial charge is 0.306 e. The molecule has 1 aromatic heterocycles. The van der Waals surface area contributed by atoms with Crippen LogP contribution in [-0.2, 0) is 20.9 Å². The first-order valence-electron chi connectivity index (χ1n) is 9.28. The lowest BCUT2D eigenvalue weighted by molar-refractivity contribution is -0.143. The van der Waals surface area contributed by atoms with Crippen LogP contribution in [0.4, 0.5) is 0 Å². The lowest BCUT2D eigenvalue weighted by Gasteiger charge is -2.29. The summed E-state index contributed by atoms with van der Waals surface area (Å²) in [6.07, 6.45) is 4.69. The predicted octanol–water partition coefficient (Wildman–Crippen LogP) is -0.0925. The number of amides is 2. The number of hydrogen-bond acceptors (Lipinski definition) is 6. The normalized spacial score (nSPS) is 16.8. The quantitative estimate of drug-likeness (QED) is 0.481. The molecule has 2 amide bonds. The summed E-state index contributed by atoms with van der Waals surface area (Å²) in [6.45, 7) is 4.25. The highest BCUT2D eigenvalue weighted by atomic mass is 16.4. The van der Waals surface area contributed by atoms with Gasteiger partial charge >= 0.3 is 5.97 Å². The van der Waals surface area contributed by atoms with Crippen molar-refractivity contribution in [3.63, 3.8) is 0 Å². The Morgan fingerprint density at radius 3 is 2.67 bits per heavy atom. The summed E-state index contributed by atoms with van der Waals surface area (Å²) < 4.78 is 1.53. The molecule has 10 heteroatoms. The number of likely N-dealkylation sites (tertiary alicyclic amines) is 1. The summed E-state index contributed by atoms with van der Waals surface area (Å²) in [6, 6.07) is -0.486. The zero-order valence-corrected chi connectivity index (χ0v) is 15.6. The van der Waals surface area contributed by atoms with Gasteiger partial charge in [-0.05, 0) is 45.7 Å². The monoisotopic (exact) mass is 380 g/mol. The summed E-state index contributed by atoms with van der Waals surface area (Å²) in [4.78, 5) is 36.0. The molecule has 1 aromatic rings. The number of carboxylic acid groups (broad SMARTS) is 1. The molecular formula is C17H28N6O4. The van der Waals surface area contributed by atoms with E-state index in [1.165, 1.54) is 4.68 Å². The van der Waals surface area contributed by atoms with Gasteiger partial charge in [0.25, 0.3) is 0 Å². The Morgan fingerprint density at radius 1 is 1.33 bits per heavy atom. The van der Waals surface area contributed by atoms with E-state index in [0.717, 1.165) is 5.69 Å². The number of carboxylic acids is 1. The largest absolute Gasteiger partial charge is 0.481 e. The summed E-state index contributed by atoms with van der Waals surface area (Å²) in [5.41, 5.74) is 5.83. The van der Waals surface area contributed by atoms with Crippen molar-refractivity contribution in [2.45, 2.75) is 51.6 Å². The van der Waals surface area contributed by atoms with E-state index in [1.54, 1.807) is 13.1 Å². The van der Waals surface area contributed by atoms with Crippen LogP contribution < -0.4 is 11.1 Å². The molecule has 0 bridgehead atoms. The number of aromatic nitrogens is 3. The highest BCUT2D eigenvalue weighted by Gasteiger charge is 2.25. The third-order valence-electron chi connectivity index (χ3n) is 4.81. The predicted molar refractivity (Wildman–Crippen MR) is 96.4 cm³/mol. The minimum Gasteiger partial charge on any atom is -0.481 e. The molecule has 0 saturated carbocycles. The number of unbranched alkanes of at least 4 members (excludes halogenated alkanes) is 1. The van der Waals surface area contributed by atoms with Gasteiger partial charge in [-0.3, -0.25) is 19.3 Å². The lowest BCUT2D eigenvalue weighted by Crippen LogP contribution is -2.35. The zero-order valence-electron chi connectivity index (χ0n) is 15.6. The van der Waals surface area contributed by atoms with Crippen LogP contribution in [0.2, 0.25) is 0 Å². The maximum Gasteiger partial charge on any atom is 0.306 e. The van der Waals surface area contributed by atoms with E-state index in [9.17, 15) is 14.4 Å². The van der Waals surface area contributed by atoms with Crippen LogP contribution in [-0.4, -0.2) is 62.4 Å². The molecule has 1 aliphatic rings. The maximum atomic E-state index is 12.2. The van der Waals surface area contributed by atoms with E-state index in [1.807, 2.05) is 0 Å². The summed E-state index contributed by atoms with van der Waals surface area (Å²) in [7, 11) is 0. The van der Waals surface area contributed by atoms with Gasteiger partial charge in [0.15, 0.2) is 0 Å². The third kappa shape index (κ3) is 6.63. The molecule has 2 rings (SSSR count). The molecule has 0 aliphatic carbocycles. The number of aliphatic carboxylic acids is 1. The topological polar surface area (TPSA) is 143 Å². The Bertz CT molecular complexity index is 654. The second-order valence-corrected chi connectivity index (χ2v) is 6.97. The van der Waals surface area contributed by atoms with Crippen LogP contribution in [0, 0.1) is 5.92 Å². The van der Waals surface area contributed by atoms with Crippen LogP contribution in [0.25, 0.3) is 0 Å². The molecule has 1 aliphatic heterocycles. The number of carbonyl (C=O) groups excluding carboxylic acids is 2. The van der Waals surface area contributed by atoms with Crippen molar-refractivity contribution in [3.05, 3.63) is 11.9 Å². The average Bonchev–Trinajstić information content (AvgIpc) is 3.09. The molecule has 1 atom stereocenters. The van der Waals surface area contributed by atoms with Gasteiger partial charge in [-0.15, -0.1) is 5.10 Å². The van der Waals surface area contributed by atoms with Gasteiger partial charge in [0.2, 0.25) is 11.8 Å². The molecule has 4 N–H and O–H groups in total. The highest BCUT2D eigenvalue weighted by molar-refractivity contribution is 5.79. The number of piperidine rings is 1. The Kier molecular flexibility index (Phi) is 7.71. The van der Waals surface area contributed by atoms with E-state index in [4.69, 9.17) is 10.8 Å². The Balaban J connectivity index is 1.74. The summed E-state index contributed by atoms with van der Waals surface area (Å²) in [5, 5.41) is 20.0. The molecule has 0 unspecified atom stereocenters. The fourth-order valence-corrected chi connectivity index (χ4v) is 3.05. The standard InChI is InChI=1S/C17H28N6O4/c1-12(16(25)19-7-3-2-4-15(18)24)23-11-14(20-21-23)10-22-8-5-13(6-9-22)17(26)27/h11-13H,2-10H2,1H3,(H2,18,24)(H,19,25)(H,26,27)/t12-/m0/s1. The maximum absolute atomic E-state index is 12.2. The molecule has 0 radical (unpaired) electrons. The number of carbonyl (C=O) groups is 3. The van der Waals surface area contributed by atoms with Gasteiger partial charge in [-0.25, -0.2) is 4.68 Å². The average molecular weight is 380 g/mol. The molecular weight excluding hydrogens is 352 g/mol. The Morgan fingerprint density at radius 2 is 2.04 bits per heavy atom. The number of primary amides is 1. The van der Waals surface area contributed by atoms with Crippen LogP contribution >= 0.6 is 0 Å². The first-order valence-corrected chi connectivity index (χ1v) is 9.28. The van der Waals surface area contributed by atoms with Gasteiger partial charge < -0.3 is 16.2 Å². The molecule has 27 heavy (non-hydrogen) atoms. The summed E-state index contributed by atoms with van der Waals surface area (Å²) >= 11 is 0. The van der Waals surface area contributed by atoms with Crippen molar-refractivity contribution >= 4 is 17.8 Å². The van der Waals surface area contributed by atoms with Crippen molar-refractivity contribution in [3.8, 4) is 0 Å². The number of nitrogens with zero attached hydrogens (tertiary/aromatic N) is 4. The first-order chi connectivity index (χ1) is 12.9. The number of hydrogen-bond donors (Lipinski definition) is 3. The zero-order chi connectivity index (χ0) is 19.8. The molecule has 1 fully saturated rings. The fraction of sp³-hybridized carbons (Fsp3) is 0.706. The summed E-state index contributed by atoms with van der Waals surface area (Å²) in [5.74, 6) is -1.48. The third-order valence-corrected chi connectivity index (χ3v) is 4.81. The van der Waals surface area contributed by atoms with Gasteiger partial charge in [0.05, 0.1) is 17.8 Å². The highest BCUT2D eigenvalue weighted by Crippen LogP contribution is 2.18. The van der Waals surface area contributed by atoms with E-state index < -0.39 is 12.0 Å². The Labute approximate surface area is 158 Å². The number of nitrogens with one attached hydrogen (secondary N) is 1. The Hall–Kier alpha value is -2.49. The number of nitrogens with two attached hydrogens (primary N) is 1. The van der Waals surface area contributed by atoms with Gasteiger partial charge in [-0.2, -0.15) is 0 Å². The molecule has 0 spiro atoms. The van der Waals surface area contributed by atoms with Gasteiger partial charge in [-0.1, -0.05) is 5.21 Å².